The van der Waals surface area contributed by atoms with Gasteiger partial charge in [0.05, 0.1) is 12.2 Å². The van der Waals surface area contributed by atoms with Gasteiger partial charge in [0.15, 0.2) is 0 Å². The van der Waals surface area contributed by atoms with Crippen molar-refractivity contribution in [1.82, 2.24) is 15.1 Å². The molecule has 1 aliphatic rings. The van der Waals surface area contributed by atoms with Crippen molar-refractivity contribution in [2.75, 3.05) is 6.54 Å². The first-order valence-electron chi connectivity index (χ1n) is 8.43. The largest absolute Gasteiger partial charge is 0.310 e. The van der Waals surface area contributed by atoms with Gasteiger partial charge in [0.2, 0.25) is 0 Å². The molecule has 114 valence electrons. The fraction of sp³-hybridized carbons (Fsp3) is 0.824. The number of hydrogen-bond donors (Lipinski definition) is 1. The molecule has 0 aliphatic heterocycles. The Morgan fingerprint density at radius 3 is 2.75 bits per heavy atom. The second-order valence-electron chi connectivity index (χ2n) is 6.59. The minimum absolute atomic E-state index is 0.462. The van der Waals surface area contributed by atoms with E-state index in [9.17, 15) is 0 Å². The van der Waals surface area contributed by atoms with Gasteiger partial charge in [-0.3, -0.25) is 4.68 Å². The summed E-state index contributed by atoms with van der Waals surface area (Å²) in [6, 6.07) is 1.07. The van der Waals surface area contributed by atoms with Gasteiger partial charge in [-0.25, -0.2) is 0 Å². The zero-order valence-corrected chi connectivity index (χ0v) is 13.6. The molecule has 20 heavy (non-hydrogen) atoms. The van der Waals surface area contributed by atoms with Gasteiger partial charge in [-0.15, -0.1) is 0 Å². The van der Waals surface area contributed by atoms with Crippen LogP contribution in [0.2, 0.25) is 0 Å². The molecule has 0 spiro atoms. The van der Waals surface area contributed by atoms with E-state index in [4.69, 9.17) is 0 Å². The third-order valence-electron chi connectivity index (χ3n) is 5.02. The summed E-state index contributed by atoms with van der Waals surface area (Å²) in [5.74, 6) is 1.69. The van der Waals surface area contributed by atoms with Crippen molar-refractivity contribution in [1.29, 1.82) is 0 Å². The SMILES string of the molecule is CCCNC(CC)c1cnn(C2CCC(C)C(C)C2)c1. The molecule has 0 aromatic carbocycles. The summed E-state index contributed by atoms with van der Waals surface area (Å²) < 4.78 is 2.23. The fourth-order valence-corrected chi connectivity index (χ4v) is 3.31. The number of aromatic nitrogens is 2. The van der Waals surface area contributed by atoms with Gasteiger partial charge in [-0.05, 0) is 50.5 Å². The normalized spacial score (nSPS) is 28.5. The van der Waals surface area contributed by atoms with Crippen LogP contribution in [0.15, 0.2) is 12.4 Å². The molecule has 1 fully saturated rings. The Labute approximate surface area is 124 Å². The Hall–Kier alpha value is -0.830. The second kappa shape index (κ2) is 7.26. The van der Waals surface area contributed by atoms with E-state index in [1.54, 1.807) is 0 Å². The first-order valence-corrected chi connectivity index (χ1v) is 8.43. The molecule has 1 aromatic heterocycles. The van der Waals surface area contributed by atoms with Crippen molar-refractivity contribution in [3.63, 3.8) is 0 Å². The molecule has 1 heterocycles. The van der Waals surface area contributed by atoms with Crippen LogP contribution in [0.4, 0.5) is 0 Å². The van der Waals surface area contributed by atoms with Gasteiger partial charge < -0.3 is 5.32 Å². The van der Waals surface area contributed by atoms with Crippen LogP contribution in [-0.4, -0.2) is 16.3 Å². The molecule has 3 heteroatoms. The lowest BCUT2D eigenvalue weighted by atomic mass is 9.79. The van der Waals surface area contributed by atoms with E-state index in [-0.39, 0.29) is 0 Å². The molecule has 0 bridgehead atoms. The summed E-state index contributed by atoms with van der Waals surface area (Å²) in [5.41, 5.74) is 1.35. The van der Waals surface area contributed by atoms with Crippen molar-refractivity contribution in [3.8, 4) is 0 Å². The van der Waals surface area contributed by atoms with Crippen molar-refractivity contribution >= 4 is 0 Å². The van der Waals surface area contributed by atoms with Gasteiger partial charge >= 0.3 is 0 Å². The third-order valence-corrected chi connectivity index (χ3v) is 5.02. The summed E-state index contributed by atoms with van der Waals surface area (Å²) in [6.45, 7) is 10.3. The average molecular weight is 277 g/mol. The average Bonchev–Trinajstić information content (AvgIpc) is 2.92. The van der Waals surface area contributed by atoms with Gasteiger partial charge in [-0.1, -0.05) is 27.7 Å². The summed E-state index contributed by atoms with van der Waals surface area (Å²) in [4.78, 5) is 0. The first-order chi connectivity index (χ1) is 9.65. The molecule has 2 rings (SSSR count). The lowest BCUT2D eigenvalue weighted by molar-refractivity contribution is 0.201. The lowest BCUT2D eigenvalue weighted by Crippen LogP contribution is -2.24. The molecule has 1 aromatic rings. The molecular formula is C17H31N3. The molecule has 4 atom stereocenters. The van der Waals surface area contributed by atoms with Gasteiger partial charge in [0.1, 0.15) is 0 Å². The van der Waals surface area contributed by atoms with Crippen LogP contribution >= 0.6 is 0 Å². The molecule has 3 nitrogen and oxygen atoms in total. The van der Waals surface area contributed by atoms with Crippen molar-refractivity contribution in [2.45, 2.75) is 71.9 Å². The summed E-state index contributed by atoms with van der Waals surface area (Å²) >= 11 is 0. The second-order valence-corrected chi connectivity index (χ2v) is 6.59. The number of rotatable bonds is 6. The van der Waals surface area contributed by atoms with E-state index in [1.165, 1.54) is 31.2 Å². The van der Waals surface area contributed by atoms with E-state index >= 15 is 0 Å². The van der Waals surface area contributed by atoms with Crippen LogP contribution < -0.4 is 5.32 Å². The smallest absolute Gasteiger partial charge is 0.0537 e. The standard InChI is InChI=1S/C17H31N3/c1-5-9-18-17(6-2)15-11-19-20(12-15)16-8-7-13(3)14(4)10-16/h11-14,16-18H,5-10H2,1-4H3. The monoisotopic (exact) mass is 277 g/mol. The molecule has 0 saturated heterocycles. The highest BCUT2D eigenvalue weighted by atomic mass is 15.3. The van der Waals surface area contributed by atoms with Crippen LogP contribution in [0.5, 0.6) is 0 Å². The molecule has 1 aliphatic carbocycles. The van der Waals surface area contributed by atoms with Crippen molar-refractivity contribution in [2.24, 2.45) is 11.8 Å². The van der Waals surface area contributed by atoms with Crippen LogP contribution in [0, 0.1) is 11.8 Å². The summed E-state index contributed by atoms with van der Waals surface area (Å²) in [6.07, 6.45) is 10.6. The Balaban J connectivity index is 2.00. The first kappa shape index (κ1) is 15.6. The Kier molecular flexibility index (Phi) is 5.64. The van der Waals surface area contributed by atoms with E-state index in [2.05, 4.69) is 55.2 Å². The quantitative estimate of drug-likeness (QED) is 0.838. The zero-order valence-electron chi connectivity index (χ0n) is 13.6. The third kappa shape index (κ3) is 3.63. The maximum atomic E-state index is 4.65. The van der Waals surface area contributed by atoms with Crippen molar-refractivity contribution in [3.05, 3.63) is 18.0 Å². The topological polar surface area (TPSA) is 29.9 Å². The van der Waals surface area contributed by atoms with Gasteiger partial charge in [0, 0.05) is 17.8 Å². The summed E-state index contributed by atoms with van der Waals surface area (Å²) in [5, 5.41) is 8.27. The van der Waals surface area contributed by atoms with Crippen molar-refractivity contribution < 1.29 is 0 Å². The zero-order chi connectivity index (χ0) is 14.5. The van der Waals surface area contributed by atoms with E-state index in [1.807, 2.05) is 0 Å². The Morgan fingerprint density at radius 1 is 1.30 bits per heavy atom. The van der Waals surface area contributed by atoms with Crippen LogP contribution in [-0.2, 0) is 0 Å². The predicted octanol–water partition coefficient (Wildman–Crippen LogP) is 4.33. The Bertz CT molecular complexity index is 399. The maximum Gasteiger partial charge on any atom is 0.0537 e. The van der Waals surface area contributed by atoms with Gasteiger partial charge in [0.25, 0.3) is 0 Å². The molecule has 4 unspecified atom stereocenters. The van der Waals surface area contributed by atoms with Crippen LogP contribution in [0.25, 0.3) is 0 Å². The molecule has 0 radical (unpaired) electrons. The number of hydrogen-bond acceptors (Lipinski definition) is 2. The van der Waals surface area contributed by atoms with E-state index < -0.39 is 0 Å². The minimum atomic E-state index is 0.462. The number of nitrogens with zero attached hydrogens (tertiary/aromatic N) is 2. The fourth-order valence-electron chi connectivity index (χ4n) is 3.31. The molecule has 1 saturated carbocycles. The van der Waals surface area contributed by atoms with Crippen LogP contribution in [0.1, 0.15) is 77.4 Å². The molecular weight excluding hydrogens is 246 g/mol. The summed E-state index contributed by atoms with van der Waals surface area (Å²) in [7, 11) is 0. The van der Waals surface area contributed by atoms with Gasteiger partial charge in [-0.2, -0.15) is 5.10 Å². The van der Waals surface area contributed by atoms with Crippen LogP contribution in [0.3, 0.4) is 0 Å². The highest BCUT2D eigenvalue weighted by Gasteiger charge is 2.26. The highest BCUT2D eigenvalue weighted by Crippen LogP contribution is 2.36. The number of nitrogens with one attached hydrogen (secondary N) is 1. The molecule has 0 amide bonds. The maximum absolute atomic E-state index is 4.65. The van der Waals surface area contributed by atoms with E-state index in [0.29, 0.717) is 12.1 Å². The highest BCUT2D eigenvalue weighted by molar-refractivity contribution is 5.10. The van der Waals surface area contributed by atoms with E-state index in [0.717, 1.165) is 24.8 Å². The lowest BCUT2D eigenvalue weighted by Gasteiger charge is -2.32. The minimum Gasteiger partial charge on any atom is -0.310 e. The molecule has 1 N–H and O–H groups in total. The Morgan fingerprint density at radius 2 is 2.10 bits per heavy atom. The predicted molar refractivity (Wildman–Crippen MR) is 84.8 cm³/mol.